The Bertz CT molecular complexity index is 777. The van der Waals surface area contributed by atoms with Crippen molar-refractivity contribution < 1.29 is 9.18 Å². The summed E-state index contributed by atoms with van der Waals surface area (Å²) in [6, 6.07) is 11.0. The zero-order chi connectivity index (χ0) is 14.1. The molecule has 3 rings (SSSR count). The van der Waals surface area contributed by atoms with Crippen molar-refractivity contribution in [3.63, 3.8) is 0 Å². The number of carbonyl (C=O) groups excluding carboxylic acids is 1. The van der Waals surface area contributed by atoms with Crippen molar-refractivity contribution in [2.24, 2.45) is 7.05 Å². The minimum Gasteiger partial charge on any atom is -0.320 e. The van der Waals surface area contributed by atoms with Crippen LogP contribution in [0.3, 0.4) is 0 Å². The first-order valence-electron chi connectivity index (χ1n) is 6.13. The van der Waals surface area contributed by atoms with Crippen LogP contribution in [0.2, 0.25) is 0 Å². The number of aryl methyl sites for hydroxylation is 1. The van der Waals surface area contributed by atoms with Gasteiger partial charge in [0, 0.05) is 24.2 Å². The zero-order valence-corrected chi connectivity index (χ0v) is 10.8. The van der Waals surface area contributed by atoms with E-state index < -0.39 is 0 Å². The Hall–Kier alpha value is -2.69. The highest BCUT2D eigenvalue weighted by atomic mass is 19.1. The number of hydrogen-bond acceptors (Lipinski definition) is 2. The molecule has 0 aliphatic carbocycles. The van der Waals surface area contributed by atoms with Crippen molar-refractivity contribution in [1.82, 2.24) is 9.78 Å². The standard InChI is InChI=1S/C15H12FN3O/c1-19-9-11-3-2-4-13(14(11)18-19)17-15(20)10-5-7-12(16)8-6-10/h2-9H,1H3,(H,17,20). The van der Waals surface area contributed by atoms with Crippen LogP contribution < -0.4 is 5.32 Å². The summed E-state index contributed by atoms with van der Waals surface area (Å²) in [5.74, 6) is -0.656. The smallest absolute Gasteiger partial charge is 0.255 e. The lowest BCUT2D eigenvalue weighted by atomic mass is 10.2. The fourth-order valence-electron chi connectivity index (χ4n) is 2.06. The molecule has 3 aromatic rings. The normalized spacial score (nSPS) is 10.7. The molecule has 5 heteroatoms. The predicted octanol–water partition coefficient (Wildman–Crippen LogP) is 2.96. The van der Waals surface area contributed by atoms with Crippen molar-refractivity contribution >= 4 is 22.5 Å². The van der Waals surface area contributed by atoms with Gasteiger partial charge in [-0.25, -0.2) is 4.39 Å². The molecular formula is C15H12FN3O. The highest BCUT2D eigenvalue weighted by molar-refractivity contribution is 6.08. The maximum atomic E-state index is 12.8. The van der Waals surface area contributed by atoms with Crippen LogP contribution in [0.4, 0.5) is 10.1 Å². The first kappa shape index (κ1) is 12.3. The van der Waals surface area contributed by atoms with Gasteiger partial charge in [-0.05, 0) is 30.3 Å². The third-order valence-corrected chi connectivity index (χ3v) is 3.01. The molecule has 100 valence electrons. The molecule has 0 bridgehead atoms. The molecule has 0 radical (unpaired) electrons. The van der Waals surface area contributed by atoms with Gasteiger partial charge in [0.1, 0.15) is 11.3 Å². The van der Waals surface area contributed by atoms with E-state index in [9.17, 15) is 9.18 Å². The van der Waals surface area contributed by atoms with E-state index in [0.717, 1.165) is 10.9 Å². The number of hydrogen-bond donors (Lipinski definition) is 1. The first-order chi connectivity index (χ1) is 9.63. The average molecular weight is 269 g/mol. The Kier molecular flexibility index (Phi) is 2.95. The van der Waals surface area contributed by atoms with Crippen LogP contribution in [0.25, 0.3) is 10.9 Å². The molecule has 4 nitrogen and oxygen atoms in total. The van der Waals surface area contributed by atoms with E-state index in [4.69, 9.17) is 0 Å². The number of anilines is 1. The lowest BCUT2D eigenvalue weighted by Gasteiger charge is -2.05. The summed E-state index contributed by atoms with van der Waals surface area (Å²) in [5, 5.41) is 8.06. The average Bonchev–Trinajstić information content (AvgIpc) is 2.81. The van der Waals surface area contributed by atoms with Crippen molar-refractivity contribution in [2.45, 2.75) is 0 Å². The molecule has 1 N–H and O–H groups in total. The Morgan fingerprint density at radius 2 is 1.95 bits per heavy atom. The Morgan fingerprint density at radius 3 is 2.70 bits per heavy atom. The summed E-state index contributed by atoms with van der Waals surface area (Å²) in [7, 11) is 1.82. The van der Waals surface area contributed by atoms with Crippen LogP contribution in [0.1, 0.15) is 10.4 Å². The molecular weight excluding hydrogens is 257 g/mol. The molecule has 0 saturated heterocycles. The van der Waals surface area contributed by atoms with Gasteiger partial charge in [0.2, 0.25) is 0 Å². The molecule has 0 saturated carbocycles. The van der Waals surface area contributed by atoms with Crippen LogP contribution >= 0.6 is 0 Å². The lowest BCUT2D eigenvalue weighted by molar-refractivity contribution is 0.102. The van der Waals surface area contributed by atoms with Crippen molar-refractivity contribution in [3.8, 4) is 0 Å². The number of fused-ring (bicyclic) bond motifs is 1. The minimum atomic E-state index is -0.367. The molecule has 0 spiro atoms. The Balaban J connectivity index is 1.93. The number of rotatable bonds is 2. The monoisotopic (exact) mass is 269 g/mol. The van der Waals surface area contributed by atoms with Crippen LogP contribution in [0.15, 0.2) is 48.7 Å². The summed E-state index contributed by atoms with van der Waals surface area (Å²) in [4.78, 5) is 12.1. The van der Waals surface area contributed by atoms with Gasteiger partial charge in [-0.15, -0.1) is 0 Å². The Morgan fingerprint density at radius 1 is 1.20 bits per heavy atom. The Labute approximate surface area is 114 Å². The molecule has 20 heavy (non-hydrogen) atoms. The van der Waals surface area contributed by atoms with Crippen molar-refractivity contribution in [1.29, 1.82) is 0 Å². The predicted molar refractivity (Wildman–Crippen MR) is 75.1 cm³/mol. The molecule has 0 aliphatic heterocycles. The van der Waals surface area contributed by atoms with E-state index in [0.29, 0.717) is 11.3 Å². The van der Waals surface area contributed by atoms with Crippen molar-refractivity contribution in [3.05, 3.63) is 60.0 Å². The SMILES string of the molecule is Cn1cc2cccc(NC(=O)c3ccc(F)cc3)c2n1. The van der Waals surface area contributed by atoms with Crippen LogP contribution in [-0.4, -0.2) is 15.7 Å². The zero-order valence-electron chi connectivity index (χ0n) is 10.8. The van der Waals surface area contributed by atoms with Crippen LogP contribution in [0.5, 0.6) is 0 Å². The number of aromatic nitrogens is 2. The third kappa shape index (κ3) is 2.25. The van der Waals surface area contributed by atoms with Gasteiger partial charge < -0.3 is 5.32 Å². The van der Waals surface area contributed by atoms with Gasteiger partial charge >= 0.3 is 0 Å². The summed E-state index contributed by atoms with van der Waals surface area (Å²) in [6.07, 6.45) is 1.88. The maximum absolute atomic E-state index is 12.8. The number of halogens is 1. The summed E-state index contributed by atoms with van der Waals surface area (Å²) in [5.41, 5.74) is 1.77. The van der Waals surface area contributed by atoms with E-state index in [1.807, 2.05) is 25.4 Å². The second-order valence-corrected chi connectivity index (χ2v) is 4.51. The molecule has 0 atom stereocenters. The van der Waals surface area contributed by atoms with E-state index in [1.165, 1.54) is 24.3 Å². The van der Waals surface area contributed by atoms with Crippen LogP contribution in [0, 0.1) is 5.82 Å². The molecule has 0 fully saturated rings. The fourth-order valence-corrected chi connectivity index (χ4v) is 2.06. The van der Waals surface area contributed by atoms with Gasteiger partial charge in [-0.2, -0.15) is 5.10 Å². The number of nitrogens with one attached hydrogen (secondary N) is 1. The maximum Gasteiger partial charge on any atom is 0.255 e. The lowest BCUT2D eigenvalue weighted by Crippen LogP contribution is -2.12. The number of carbonyl (C=O) groups is 1. The summed E-state index contributed by atoms with van der Waals surface area (Å²) in [6.45, 7) is 0. The first-order valence-corrected chi connectivity index (χ1v) is 6.13. The number of nitrogens with zero attached hydrogens (tertiary/aromatic N) is 2. The van der Waals surface area contributed by atoms with E-state index in [2.05, 4.69) is 10.4 Å². The van der Waals surface area contributed by atoms with Gasteiger partial charge in [-0.3, -0.25) is 9.48 Å². The summed E-state index contributed by atoms with van der Waals surface area (Å²) < 4.78 is 14.5. The quantitative estimate of drug-likeness (QED) is 0.777. The number of benzene rings is 2. The van der Waals surface area contributed by atoms with E-state index in [1.54, 1.807) is 10.7 Å². The van der Waals surface area contributed by atoms with Gasteiger partial charge in [0.15, 0.2) is 0 Å². The number of amides is 1. The highest BCUT2D eigenvalue weighted by Gasteiger charge is 2.10. The molecule has 1 amide bonds. The molecule has 1 heterocycles. The van der Waals surface area contributed by atoms with Gasteiger partial charge in [-0.1, -0.05) is 12.1 Å². The third-order valence-electron chi connectivity index (χ3n) is 3.01. The van der Waals surface area contributed by atoms with E-state index in [-0.39, 0.29) is 11.7 Å². The second-order valence-electron chi connectivity index (χ2n) is 4.51. The van der Waals surface area contributed by atoms with Gasteiger partial charge in [0.05, 0.1) is 5.69 Å². The summed E-state index contributed by atoms with van der Waals surface area (Å²) >= 11 is 0. The van der Waals surface area contributed by atoms with Gasteiger partial charge in [0.25, 0.3) is 5.91 Å². The molecule has 0 aliphatic rings. The molecule has 2 aromatic carbocycles. The largest absolute Gasteiger partial charge is 0.320 e. The van der Waals surface area contributed by atoms with Crippen LogP contribution in [-0.2, 0) is 7.05 Å². The highest BCUT2D eigenvalue weighted by Crippen LogP contribution is 2.22. The van der Waals surface area contributed by atoms with Crippen molar-refractivity contribution in [2.75, 3.05) is 5.32 Å². The molecule has 0 unspecified atom stereocenters. The minimum absolute atomic E-state index is 0.289. The fraction of sp³-hybridized carbons (Fsp3) is 0.0667. The van der Waals surface area contributed by atoms with E-state index >= 15 is 0 Å². The topological polar surface area (TPSA) is 46.9 Å². The second kappa shape index (κ2) is 4.77. The molecule has 1 aromatic heterocycles.